The molecule has 0 saturated carbocycles. The monoisotopic (exact) mass is 460 g/mol. The Morgan fingerprint density at radius 2 is 1.96 bits per heavy atom. The predicted octanol–water partition coefficient (Wildman–Crippen LogP) is 3.82. The van der Waals surface area contributed by atoms with E-state index in [4.69, 9.17) is 5.26 Å². The van der Waals surface area contributed by atoms with Gasteiger partial charge in [-0.25, -0.2) is 0 Å². The van der Waals surface area contributed by atoms with E-state index in [9.17, 15) is 0 Å². The first-order valence-corrected chi connectivity index (χ1v) is 8.77. The van der Waals surface area contributed by atoms with Gasteiger partial charge in [-0.1, -0.05) is 42.5 Å². The number of nitriles is 1. The van der Waals surface area contributed by atoms with E-state index < -0.39 is 0 Å². The summed E-state index contributed by atoms with van der Waals surface area (Å²) in [4.78, 5) is 6.77. The highest BCUT2D eigenvalue weighted by Crippen LogP contribution is 2.21. The Bertz CT molecular complexity index is 767. The first-order chi connectivity index (χ1) is 12.3. The van der Waals surface area contributed by atoms with Crippen molar-refractivity contribution in [2.75, 3.05) is 20.1 Å². The minimum atomic E-state index is 0. The molecule has 3 rings (SSSR count). The molecule has 4 nitrogen and oxygen atoms in total. The number of hydrogen-bond acceptors (Lipinski definition) is 2. The molecule has 0 bridgehead atoms. The molecule has 0 amide bonds. The van der Waals surface area contributed by atoms with Crippen molar-refractivity contribution in [2.24, 2.45) is 10.9 Å². The molecular formula is C21H25IN4. The molecule has 0 radical (unpaired) electrons. The first kappa shape index (κ1) is 20.2. The number of hydrogen-bond donors (Lipinski definition) is 1. The van der Waals surface area contributed by atoms with Crippen molar-refractivity contribution in [3.05, 3.63) is 71.3 Å². The third-order valence-electron chi connectivity index (χ3n) is 4.67. The Kier molecular flexibility index (Phi) is 7.92. The summed E-state index contributed by atoms with van der Waals surface area (Å²) in [6.07, 6.45) is 2.32. The molecular weight excluding hydrogens is 435 g/mol. The van der Waals surface area contributed by atoms with E-state index in [1.807, 2.05) is 31.3 Å². The summed E-state index contributed by atoms with van der Waals surface area (Å²) in [7, 11) is 1.83. The van der Waals surface area contributed by atoms with Crippen molar-refractivity contribution in [3.8, 4) is 6.07 Å². The van der Waals surface area contributed by atoms with Gasteiger partial charge < -0.3 is 10.2 Å². The van der Waals surface area contributed by atoms with Crippen LogP contribution < -0.4 is 5.32 Å². The van der Waals surface area contributed by atoms with Gasteiger partial charge in [0, 0.05) is 26.7 Å². The topological polar surface area (TPSA) is 51.4 Å². The van der Waals surface area contributed by atoms with Crippen LogP contribution in [0.3, 0.4) is 0 Å². The number of nitrogens with one attached hydrogen (secondary N) is 1. The summed E-state index contributed by atoms with van der Waals surface area (Å²) < 4.78 is 0. The van der Waals surface area contributed by atoms with Crippen molar-refractivity contribution in [3.63, 3.8) is 0 Å². The van der Waals surface area contributed by atoms with Gasteiger partial charge in [0.15, 0.2) is 5.96 Å². The third kappa shape index (κ3) is 5.46. The highest BCUT2D eigenvalue weighted by molar-refractivity contribution is 14.0. The summed E-state index contributed by atoms with van der Waals surface area (Å²) in [6.45, 7) is 2.75. The van der Waals surface area contributed by atoms with Gasteiger partial charge in [-0.2, -0.15) is 5.26 Å². The maximum absolute atomic E-state index is 9.01. The van der Waals surface area contributed by atoms with Crippen LogP contribution in [-0.4, -0.2) is 31.0 Å². The van der Waals surface area contributed by atoms with Crippen molar-refractivity contribution in [2.45, 2.75) is 19.4 Å². The van der Waals surface area contributed by atoms with Crippen LogP contribution >= 0.6 is 24.0 Å². The van der Waals surface area contributed by atoms with Crippen LogP contribution in [0.25, 0.3) is 0 Å². The molecule has 0 aliphatic carbocycles. The molecule has 26 heavy (non-hydrogen) atoms. The molecule has 1 atom stereocenters. The van der Waals surface area contributed by atoms with Crippen LogP contribution in [0.4, 0.5) is 0 Å². The number of likely N-dealkylation sites (tertiary alicyclic amines) is 1. The number of benzene rings is 2. The van der Waals surface area contributed by atoms with E-state index in [1.165, 1.54) is 12.0 Å². The standard InChI is InChI=1S/C21H24N4.HI/c1-23-21(24-15-19-9-5-8-18(13-19)14-22)25-11-10-20(16-25)12-17-6-3-2-4-7-17;/h2-9,13,20H,10-12,15-16H2,1H3,(H,23,24);1H. The summed E-state index contributed by atoms with van der Waals surface area (Å²) >= 11 is 0. The molecule has 1 fully saturated rings. The second kappa shape index (κ2) is 10.2. The first-order valence-electron chi connectivity index (χ1n) is 8.77. The fourth-order valence-corrected chi connectivity index (χ4v) is 3.40. The van der Waals surface area contributed by atoms with Crippen molar-refractivity contribution >= 4 is 29.9 Å². The maximum atomic E-state index is 9.01. The largest absolute Gasteiger partial charge is 0.352 e. The third-order valence-corrected chi connectivity index (χ3v) is 4.67. The lowest BCUT2D eigenvalue weighted by Crippen LogP contribution is -2.39. The number of halogens is 1. The van der Waals surface area contributed by atoms with Crippen LogP contribution in [0.1, 0.15) is 23.1 Å². The van der Waals surface area contributed by atoms with Crippen molar-refractivity contribution in [1.82, 2.24) is 10.2 Å². The van der Waals surface area contributed by atoms with Gasteiger partial charge in [0.2, 0.25) is 0 Å². The molecule has 136 valence electrons. The minimum absolute atomic E-state index is 0. The molecule has 1 aliphatic heterocycles. The van der Waals surface area contributed by atoms with Crippen LogP contribution in [0.5, 0.6) is 0 Å². The van der Waals surface area contributed by atoms with Gasteiger partial charge in [0.05, 0.1) is 11.6 Å². The number of aliphatic imine (C=N–C) groups is 1. The zero-order valence-corrected chi connectivity index (χ0v) is 17.4. The van der Waals surface area contributed by atoms with E-state index >= 15 is 0 Å². The Hall–Kier alpha value is -2.07. The van der Waals surface area contributed by atoms with Crippen LogP contribution in [0.2, 0.25) is 0 Å². The highest BCUT2D eigenvalue weighted by Gasteiger charge is 2.24. The minimum Gasteiger partial charge on any atom is -0.352 e. The van der Waals surface area contributed by atoms with Crippen molar-refractivity contribution < 1.29 is 0 Å². The zero-order chi connectivity index (χ0) is 17.5. The Labute approximate surface area is 173 Å². The fraction of sp³-hybridized carbons (Fsp3) is 0.333. The lowest BCUT2D eigenvalue weighted by Gasteiger charge is -2.22. The Morgan fingerprint density at radius 1 is 1.19 bits per heavy atom. The van der Waals surface area contributed by atoms with Gasteiger partial charge in [-0.05, 0) is 42.0 Å². The molecule has 2 aromatic rings. The van der Waals surface area contributed by atoms with Crippen LogP contribution in [0, 0.1) is 17.2 Å². The van der Waals surface area contributed by atoms with E-state index in [0.717, 1.165) is 31.0 Å². The molecule has 1 saturated heterocycles. The molecule has 0 aromatic heterocycles. The Balaban J connectivity index is 0.00000243. The average molecular weight is 460 g/mol. The zero-order valence-electron chi connectivity index (χ0n) is 15.1. The summed E-state index contributed by atoms with van der Waals surface area (Å²) in [5.41, 5.74) is 3.20. The fourth-order valence-electron chi connectivity index (χ4n) is 3.40. The SMILES string of the molecule is CN=C(NCc1cccc(C#N)c1)N1CCC(Cc2ccccc2)C1.I. The molecule has 1 unspecified atom stereocenters. The molecule has 5 heteroatoms. The summed E-state index contributed by atoms with van der Waals surface area (Å²) in [5, 5.41) is 12.4. The van der Waals surface area contributed by atoms with E-state index in [2.05, 4.69) is 51.6 Å². The van der Waals surface area contributed by atoms with E-state index in [0.29, 0.717) is 18.0 Å². The van der Waals surface area contributed by atoms with Crippen LogP contribution in [-0.2, 0) is 13.0 Å². The van der Waals surface area contributed by atoms with Gasteiger partial charge >= 0.3 is 0 Å². The molecule has 1 aliphatic rings. The van der Waals surface area contributed by atoms with Gasteiger partial charge in [0.1, 0.15) is 0 Å². The second-order valence-electron chi connectivity index (χ2n) is 6.50. The molecule has 2 aromatic carbocycles. The molecule has 1 N–H and O–H groups in total. The van der Waals surface area contributed by atoms with Crippen molar-refractivity contribution in [1.29, 1.82) is 5.26 Å². The number of nitrogens with zero attached hydrogens (tertiary/aromatic N) is 3. The highest BCUT2D eigenvalue weighted by atomic mass is 127. The summed E-state index contributed by atoms with van der Waals surface area (Å²) in [5.74, 6) is 1.61. The maximum Gasteiger partial charge on any atom is 0.193 e. The Morgan fingerprint density at radius 3 is 2.69 bits per heavy atom. The molecule has 0 spiro atoms. The van der Waals surface area contributed by atoms with Crippen LogP contribution in [0.15, 0.2) is 59.6 Å². The van der Waals surface area contributed by atoms with Gasteiger partial charge in [-0.3, -0.25) is 4.99 Å². The van der Waals surface area contributed by atoms with E-state index in [1.54, 1.807) is 0 Å². The summed E-state index contributed by atoms with van der Waals surface area (Å²) in [6, 6.07) is 20.6. The predicted molar refractivity (Wildman–Crippen MR) is 117 cm³/mol. The number of rotatable bonds is 4. The smallest absolute Gasteiger partial charge is 0.193 e. The second-order valence-corrected chi connectivity index (χ2v) is 6.50. The van der Waals surface area contributed by atoms with Gasteiger partial charge in [-0.15, -0.1) is 24.0 Å². The quantitative estimate of drug-likeness (QED) is 0.429. The van der Waals surface area contributed by atoms with Gasteiger partial charge in [0.25, 0.3) is 0 Å². The average Bonchev–Trinajstić information content (AvgIpc) is 3.11. The molecule has 1 heterocycles. The van der Waals surface area contributed by atoms with E-state index in [-0.39, 0.29) is 24.0 Å². The lowest BCUT2D eigenvalue weighted by molar-refractivity contribution is 0.460. The number of guanidine groups is 1. The normalized spacial score (nSPS) is 16.7. The lowest BCUT2D eigenvalue weighted by atomic mass is 9.99.